The second kappa shape index (κ2) is 9.96. The smallest absolute Gasteiger partial charge is 0.271 e. The molecule has 7 nitrogen and oxygen atoms in total. The van der Waals surface area contributed by atoms with Crippen LogP contribution < -0.4 is 20.2 Å². The molecule has 7 heteroatoms. The van der Waals surface area contributed by atoms with Gasteiger partial charge in [-0.25, -0.2) is 5.43 Å². The highest BCUT2D eigenvalue weighted by atomic mass is 16.5. The predicted octanol–water partition coefficient (Wildman–Crippen LogP) is 2.52. The van der Waals surface area contributed by atoms with E-state index in [0.717, 1.165) is 11.3 Å². The first-order valence-corrected chi connectivity index (χ1v) is 8.39. The first-order chi connectivity index (χ1) is 13.0. The maximum atomic E-state index is 12.0. The molecule has 0 atom stereocenters. The van der Waals surface area contributed by atoms with Gasteiger partial charge in [0.25, 0.3) is 5.91 Å². The zero-order chi connectivity index (χ0) is 19.6. The van der Waals surface area contributed by atoms with Gasteiger partial charge in [0.15, 0.2) is 0 Å². The van der Waals surface area contributed by atoms with E-state index < -0.39 is 0 Å². The van der Waals surface area contributed by atoms with Crippen LogP contribution in [0.3, 0.4) is 0 Å². The van der Waals surface area contributed by atoms with Gasteiger partial charge in [-0.15, -0.1) is 0 Å². The summed E-state index contributed by atoms with van der Waals surface area (Å²) in [5, 5.41) is 6.78. The van der Waals surface area contributed by atoms with Gasteiger partial charge < -0.3 is 14.8 Å². The van der Waals surface area contributed by atoms with Gasteiger partial charge in [0.2, 0.25) is 5.91 Å². The number of amides is 2. The van der Waals surface area contributed by atoms with Gasteiger partial charge in [0, 0.05) is 17.8 Å². The van der Waals surface area contributed by atoms with Gasteiger partial charge in [-0.3, -0.25) is 9.59 Å². The van der Waals surface area contributed by atoms with E-state index in [0.29, 0.717) is 23.6 Å². The van der Waals surface area contributed by atoms with E-state index >= 15 is 0 Å². The van der Waals surface area contributed by atoms with Crippen molar-refractivity contribution in [2.24, 2.45) is 5.10 Å². The Balaban J connectivity index is 1.79. The topological polar surface area (TPSA) is 89.0 Å². The standard InChI is InChI=1S/C20H23N3O4/c1-14(22-23-20(25)16-6-10-18(27-3)11-7-16)12-19(24)21-13-15-4-8-17(26-2)9-5-15/h4-11H,12-13H2,1-3H3,(H,21,24)(H,23,25)/b22-14+. The van der Waals surface area contributed by atoms with Crippen molar-refractivity contribution < 1.29 is 19.1 Å². The van der Waals surface area contributed by atoms with Crippen LogP contribution in [0.15, 0.2) is 53.6 Å². The number of hydrazone groups is 1. The molecule has 142 valence electrons. The van der Waals surface area contributed by atoms with Crippen LogP contribution in [0.5, 0.6) is 11.5 Å². The summed E-state index contributed by atoms with van der Waals surface area (Å²) < 4.78 is 10.1. The highest BCUT2D eigenvalue weighted by Crippen LogP contribution is 2.12. The Morgan fingerprint density at radius 1 is 0.926 bits per heavy atom. The molecule has 0 spiro atoms. The van der Waals surface area contributed by atoms with Crippen molar-refractivity contribution in [2.45, 2.75) is 19.9 Å². The minimum atomic E-state index is -0.351. The number of nitrogens with one attached hydrogen (secondary N) is 2. The third kappa shape index (κ3) is 6.47. The molecule has 0 aromatic heterocycles. The number of carbonyl (C=O) groups is 2. The van der Waals surface area contributed by atoms with Gasteiger partial charge in [-0.1, -0.05) is 12.1 Å². The average Bonchev–Trinajstić information content (AvgIpc) is 2.71. The second-order valence-electron chi connectivity index (χ2n) is 5.82. The van der Waals surface area contributed by atoms with Crippen molar-refractivity contribution >= 4 is 17.5 Å². The van der Waals surface area contributed by atoms with E-state index in [4.69, 9.17) is 9.47 Å². The monoisotopic (exact) mass is 369 g/mol. The Labute approximate surface area is 158 Å². The highest BCUT2D eigenvalue weighted by Gasteiger charge is 2.07. The number of hydrogen-bond acceptors (Lipinski definition) is 5. The van der Waals surface area contributed by atoms with E-state index in [2.05, 4.69) is 15.8 Å². The van der Waals surface area contributed by atoms with E-state index in [-0.39, 0.29) is 18.2 Å². The van der Waals surface area contributed by atoms with E-state index in [9.17, 15) is 9.59 Å². The van der Waals surface area contributed by atoms with Crippen LogP contribution in [-0.2, 0) is 11.3 Å². The maximum absolute atomic E-state index is 12.0. The van der Waals surface area contributed by atoms with Crippen LogP contribution in [0, 0.1) is 0 Å². The number of ether oxygens (including phenoxy) is 2. The third-order valence-corrected chi connectivity index (χ3v) is 3.77. The van der Waals surface area contributed by atoms with Crippen molar-refractivity contribution in [2.75, 3.05) is 14.2 Å². The van der Waals surface area contributed by atoms with Crippen LogP contribution >= 0.6 is 0 Å². The lowest BCUT2D eigenvalue weighted by atomic mass is 10.2. The fourth-order valence-corrected chi connectivity index (χ4v) is 2.23. The van der Waals surface area contributed by atoms with E-state index in [1.54, 1.807) is 45.4 Å². The van der Waals surface area contributed by atoms with Crippen molar-refractivity contribution in [3.63, 3.8) is 0 Å². The van der Waals surface area contributed by atoms with Gasteiger partial charge >= 0.3 is 0 Å². The molecule has 2 N–H and O–H groups in total. The van der Waals surface area contributed by atoms with Crippen molar-refractivity contribution in [3.8, 4) is 11.5 Å². The summed E-state index contributed by atoms with van der Waals surface area (Å²) in [5.74, 6) is 0.904. The quantitative estimate of drug-likeness (QED) is 0.553. The minimum Gasteiger partial charge on any atom is -0.497 e. The molecule has 0 fully saturated rings. The number of hydrogen-bond donors (Lipinski definition) is 2. The van der Waals surface area contributed by atoms with Crippen LogP contribution in [0.1, 0.15) is 29.3 Å². The molecule has 0 saturated carbocycles. The normalized spacial score (nSPS) is 10.9. The molecule has 0 radical (unpaired) electrons. The molecule has 2 aromatic carbocycles. The summed E-state index contributed by atoms with van der Waals surface area (Å²) in [6.45, 7) is 2.09. The van der Waals surface area contributed by atoms with Crippen molar-refractivity contribution in [3.05, 3.63) is 59.7 Å². The molecule has 0 saturated heterocycles. The van der Waals surface area contributed by atoms with Gasteiger partial charge in [-0.2, -0.15) is 5.10 Å². The van der Waals surface area contributed by atoms with Crippen molar-refractivity contribution in [1.29, 1.82) is 0 Å². The van der Waals surface area contributed by atoms with Crippen LogP contribution in [0.4, 0.5) is 0 Å². The summed E-state index contributed by atoms with van der Waals surface area (Å²) in [6, 6.07) is 14.1. The van der Waals surface area contributed by atoms with E-state index in [1.165, 1.54) is 0 Å². The molecule has 0 bridgehead atoms. The Hall–Kier alpha value is -3.35. The van der Waals surface area contributed by atoms with Crippen molar-refractivity contribution in [1.82, 2.24) is 10.7 Å². The molecule has 27 heavy (non-hydrogen) atoms. The molecule has 0 unspecified atom stereocenters. The van der Waals surface area contributed by atoms with Crippen LogP contribution in [-0.4, -0.2) is 31.7 Å². The Morgan fingerprint density at radius 3 is 2.04 bits per heavy atom. The van der Waals surface area contributed by atoms with Gasteiger partial charge in [0.05, 0.1) is 20.6 Å². The molecular weight excluding hydrogens is 346 g/mol. The maximum Gasteiger partial charge on any atom is 0.271 e. The zero-order valence-corrected chi connectivity index (χ0v) is 15.6. The summed E-state index contributed by atoms with van der Waals surface area (Å²) in [7, 11) is 3.16. The molecule has 0 aliphatic heterocycles. The minimum absolute atomic E-state index is 0.0963. The lowest BCUT2D eigenvalue weighted by Crippen LogP contribution is -2.26. The first kappa shape index (κ1) is 20.0. The zero-order valence-electron chi connectivity index (χ0n) is 15.6. The Kier molecular flexibility index (Phi) is 7.37. The predicted molar refractivity (Wildman–Crippen MR) is 103 cm³/mol. The largest absolute Gasteiger partial charge is 0.497 e. The molecule has 0 heterocycles. The molecule has 2 rings (SSSR count). The van der Waals surface area contributed by atoms with Crippen LogP contribution in [0.2, 0.25) is 0 Å². The molecule has 0 aliphatic rings. The molecule has 0 aliphatic carbocycles. The van der Waals surface area contributed by atoms with E-state index in [1.807, 2.05) is 24.3 Å². The lowest BCUT2D eigenvalue weighted by Gasteiger charge is -2.07. The van der Waals surface area contributed by atoms with Gasteiger partial charge in [-0.05, 0) is 48.9 Å². The van der Waals surface area contributed by atoms with Gasteiger partial charge in [0.1, 0.15) is 11.5 Å². The molecule has 2 amide bonds. The average molecular weight is 369 g/mol. The lowest BCUT2D eigenvalue weighted by molar-refractivity contribution is -0.120. The summed E-state index contributed by atoms with van der Waals surface area (Å²) >= 11 is 0. The third-order valence-electron chi connectivity index (χ3n) is 3.77. The summed E-state index contributed by atoms with van der Waals surface area (Å²) in [5.41, 5.74) is 4.37. The Morgan fingerprint density at radius 2 is 1.48 bits per heavy atom. The number of carbonyl (C=O) groups excluding carboxylic acids is 2. The number of methoxy groups -OCH3 is 2. The number of rotatable bonds is 8. The summed E-state index contributed by atoms with van der Waals surface area (Å²) in [4.78, 5) is 24.0. The summed E-state index contributed by atoms with van der Waals surface area (Å²) in [6.07, 6.45) is 0.0963. The fourth-order valence-electron chi connectivity index (χ4n) is 2.23. The molecule has 2 aromatic rings. The van der Waals surface area contributed by atoms with Crippen LogP contribution in [0.25, 0.3) is 0 Å². The first-order valence-electron chi connectivity index (χ1n) is 8.39. The number of nitrogens with zero attached hydrogens (tertiary/aromatic N) is 1. The number of benzene rings is 2. The molecular formula is C20H23N3O4. The SMILES string of the molecule is COc1ccc(CNC(=O)C/C(C)=N/NC(=O)c2ccc(OC)cc2)cc1. The Bertz CT molecular complexity index is 799. The second-order valence-corrected chi connectivity index (χ2v) is 5.82. The highest BCUT2D eigenvalue weighted by molar-refractivity contribution is 6.01. The fraction of sp³-hybridized carbons (Fsp3) is 0.250.